The molecule has 4 rings (SSSR count). The van der Waals surface area contributed by atoms with Crippen LogP contribution in [0.2, 0.25) is 0 Å². The van der Waals surface area contributed by atoms with Crippen molar-refractivity contribution >= 4 is 11.9 Å². The Morgan fingerprint density at radius 3 is 2.55 bits per heavy atom. The Bertz CT molecular complexity index is 716. The molecule has 2 bridgehead atoms. The Morgan fingerprint density at radius 1 is 1.10 bits per heavy atom. The molecule has 2 N–H and O–H groups in total. The van der Waals surface area contributed by atoms with E-state index in [-0.39, 0.29) is 31.0 Å². The molecule has 0 radical (unpaired) electrons. The summed E-state index contributed by atoms with van der Waals surface area (Å²) in [4.78, 5) is 23.0. The third kappa shape index (κ3) is 3.15. The van der Waals surface area contributed by atoms with Crippen LogP contribution in [-0.4, -0.2) is 34.9 Å². The van der Waals surface area contributed by atoms with Gasteiger partial charge < -0.3 is 14.9 Å². The molecule has 0 amide bonds. The fraction of sp³-hybridized carbons (Fsp3) is 0.833. The Hall–Kier alpha value is -1.36. The zero-order chi connectivity index (χ0) is 21.0. The maximum absolute atomic E-state index is 12.2. The number of rotatable bonds is 5. The van der Waals surface area contributed by atoms with E-state index in [1.54, 1.807) is 0 Å². The van der Waals surface area contributed by atoms with Crippen molar-refractivity contribution in [1.82, 2.24) is 0 Å². The molecule has 4 saturated carbocycles. The van der Waals surface area contributed by atoms with Crippen LogP contribution in [0.3, 0.4) is 0 Å². The van der Waals surface area contributed by atoms with Crippen molar-refractivity contribution < 1.29 is 24.5 Å². The molecule has 7 atom stereocenters. The minimum Gasteiger partial charge on any atom is -0.481 e. The average Bonchev–Trinajstić information content (AvgIpc) is 2.90. The van der Waals surface area contributed by atoms with Crippen molar-refractivity contribution in [2.75, 3.05) is 6.61 Å². The number of aliphatic hydroxyl groups is 1. The van der Waals surface area contributed by atoms with Gasteiger partial charge in [-0.2, -0.15) is 0 Å². The number of esters is 1. The summed E-state index contributed by atoms with van der Waals surface area (Å²) < 4.78 is 5.78. The number of carboxylic acid groups (broad SMARTS) is 1. The van der Waals surface area contributed by atoms with E-state index in [0.29, 0.717) is 23.2 Å². The van der Waals surface area contributed by atoms with Crippen molar-refractivity contribution in [3.8, 4) is 0 Å². The molecule has 29 heavy (non-hydrogen) atoms. The van der Waals surface area contributed by atoms with Crippen LogP contribution in [0.25, 0.3) is 0 Å². The van der Waals surface area contributed by atoms with E-state index >= 15 is 0 Å². The number of carbonyl (C=O) groups is 2. The fourth-order valence-corrected chi connectivity index (χ4v) is 8.21. The Balaban J connectivity index is 1.56. The van der Waals surface area contributed by atoms with Gasteiger partial charge in [-0.3, -0.25) is 9.59 Å². The SMILES string of the molecule is C=C1C[C@@]23CC[C@H]4[C@@](C)(CCC(OC(=O)CCC(=O)O)[C@]4(C)CO)[C@@H]2CC[C@@H]1C3. The topological polar surface area (TPSA) is 83.8 Å². The van der Waals surface area contributed by atoms with Crippen LogP contribution in [0.4, 0.5) is 0 Å². The van der Waals surface area contributed by atoms with Gasteiger partial charge in [-0.05, 0) is 80.0 Å². The monoisotopic (exact) mass is 404 g/mol. The van der Waals surface area contributed by atoms with Crippen LogP contribution < -0.4 is 0 Å². The second-order valence-electron chi connectivity index (χ2n) is 10.9. The molecular weight excluding hydrogens is 368 g/mol. The molecule has 0 aliphatic heterocycles. The van der Waals surface area contributed by atoms with Crippen molar-refractivity contribution in [1.29, 1.82) is 0 Å². The summed E-state index contributed by atoms with van der Waals surface area (Å²) in [6.07, 6.45) is 8.32. The summed E-state index contributed by atoms with van der Waals surface area (Å²) in [5.41, 5.74) is 1.53. The molecule has 4 fully saturated rings. The number of fused-ring (bicyclic) bond motifs is 3. The fourth-order valence-electron chi connectivity index (χ4n) is 8.21. The molecule has 1 unspecified atom stereocenters. The van der Waals surface area contributed by atoms with Crippen LogP contribution in [0.15, 0.2) is 12.2 Å². The lowest BCUT2D eigenvalue weighted by molar-refractivity contribution is -0.211. The minimum atomic E-state index is -0.991. The van der Waals surface area contributed by atoms with Gasteiger partial charge in [0.15, 0.2) is 0 Å². The van der Waals surface area contributed by atoms with Crippen LogP contribution in [-0.2, 0) is 14.3 Å². The molecule has 5 heteroatoms. The van der Waals surface area contributed by atoms with E-state index in [4.69, 9.17) is 9.84 Å². The first-order valence-electron chi connectivity index (χ1n) is 11.3. The molecule has 0 aromatic carbocycles. The molecule has 4 aliphatic rings. The van der Waals surface area contributed by atoms with E-state index in [0.717, 1.165) is 19.3 Å². The van der Waals surface area contributed by atoms with Crippen molar-refractivity contribution in [3.63, 3.8) is 0 Å². The first-order valence-corrected chi connectivity index (χ1v) is 11.3. The highest BCUT2D eigenvalue weighted by Gasteiger charge is 2.65. The van der Waals surface area contributed by atoms with Crippen molar-refractivity contribution in [3.05, 3.63) is 12.2 Å². The van der Waals surface area contributed by atoms with E-state index in [1.807, 2.05) is 0 Å². The average molecular weight is 405 g/mol. The molecule has 0 aromatic heterocycles. The maximum Gasteiger partial charge on any atom is 0.306 e. The Kier molecular flexibility index (Phi) is 5.12. The summed E-state index contributed by atoms with van der Waals surface area (Å²) in [5.74, 6) is 0.225. The minimum absolute atomic E-state index is 0.000806. The van der Waals surface area contributed by atoms with Gasteiger partial charge in [-0.25, -0.2) is 0 Å². The molecule has 162 valence electrons. The molecule has 5 nitrogen and oxygen atoms in total. The van der Waals surface area contributed by atoms with Crippen molar-refractivity contribution in [2.24, 2.45) is 34.0 Å². The third-order valence-corrected chi connectivity index (χ3v) is 9.51. The summed E-state index contributed by atoms with van der Waals surface area (Å²) in [7, 11) is 0. The van der Waals surface area contributed by atoms with Gasteiger partial charge in [-0.15, -0.1) is 0 Å². The third-order valence-electron chi connectivity index (χ3n) is 9.51. The zero-order valence-corrected chi connectivity index (χ0v) is 17.9. The molecular formula is C24H36O5. The summed E-state index contributed by atoms with van der Waals surface area (Å²) in [6.45, 7) is 8.91. The summed E-state index contributed by atoms with van der Waals surface area (Å²) in [6, 6.07) is 0. The summed E-state index contributed by atoms with van der Waals surface area (Å²) in [5, 5.41) is 19.3. The number of aliphatic hydroxyl groups excluding tert-OH is 1. The number of hydrogen-bond donors (Lipinski definition) is 2. The Morgan fingerprint density at radius 2 is 1.86 bits per heavy atom. The van der Waals surface area contributed by atoms with Crippen LogP contribution in [0.5, 0.6) is 0 Å². The predicted octanol–water partition coefficient (Wildman–Crippen LogP) is 4.33. The van der Waals surface area contributed by atoms with Gasteiger partial charge >= 0.3 is 11.9 Å². The molecule has 4 aliphatic carbocycles. The highest BCUT2D eigenvalue weighted by molar-refractivity contribution is 5.76. The lowest BCUT2D eigenvalue weighted by Gasteiger charge is -2.65. The van der Waals surface area contributed by atoms with E-state index in [1.165, 1.54) is 37.7 Å². The summed E-state index contributed by atoms with van der Waals surface area (Å²) >= 11 is 0. The zero-order valence-electron chi connectivity index (χ0n) is 17.9. The van der Waals surface area contributed by atoms with Gasteiger partial charge in [0.2, 0.25) is 0 Å². The second-order valence-corrected chi connectivity index (χ2v) is 10.9. The van der Waals surface area contributed by atoms with Crippen LogP contribution >= 0.6 is 0 Å². The van der Waals surface area contributed by atoms with Gasteiger partial charge in [0, 0.05) is 5.41 Å². The second kappa shape index (κ2) is 7.11. The largest absolute Gasteiger partial charge is 0.481 e. The lowest BCUT2D eigenvalue weighted by atomic mass is 9.40. The smallest absolute Gasteiger partial charge is 0.306 e. The lowest BCUT2D eigenvalue weighted by Crippen LogP contribution is -2.61. The molecule has 0 aromatic rings. The number of carboxylic acids is 1. The number of carbonyl (C=O) groups excluding carboxylic acids is 1. The first-order chi connectivity index (χ1) is 13.6. The van der Waals surface area contributed by atoms with Crippen molar-refractivity contribution in [2.45, 2.75) is 84.2 Å². The standard InChI is InChI=1S/C24H36O5/c1-15-12-24-11-8-17-22(2,18(24)5-4-16(15)13-24)10-9-19(23(17,3)14-25)29-21(28)7-6-20(26)27/h16-19,25H,1,4-14H2,2-3H3,(H,26,27)/t16-,17+,18+,19?,22-,23-,24-/m1/s1. The van der Waals surface area contributed by atoms with Gasteiger partial charge in [0.1, 0.15) is 6.10 Å². The molecule has 0 heterocycles. The number of allylic oxidation sites excluding steroid dienone is 1. The highest BCUT2D eigenvalue weighted by Crippen LogP contribution is 2.72. The van der Waals surface area contributed by atoms with Gasteiger partial charge in [0.05, 0.1) is 19.4 Å². The normalized spacial score (nSPS) is 46.0. The van der Waals surface area contributed by atoms with Crippen LogP contribution in [0.1, 0.15) is 78.1 Å². The number of ether oxygens (including phenoxy) is 1. The Labute approximate surface area is 173 Å². The van der Waals surface area contributed by atoms with Gasteiger partial charge in [-0.1, -0.05) is 26.0 Å². The number of aliphatic carboxylic acids is 1. The highest BCUT2D eigenvalue weighted by atomic mass is 16.5. The van der Waals surface area contributed by atoms with E-state index in [2.05, 4.69) is 20.4 Å². The quantitative estimate of drug-likeness (QED) is 0.526. The molecule has 0 saturated heterocycles. The van der Waals surface area contributed by atoms with E-state index in [9.17, 15) is 14.7 Å². The van der Waals surface area contributed by atoms with Gasteiger partial charge in [0.25, 0.3) is 0 Å². The predicted molar refractivity (Wildman–Crippen MR) is 109 cm³/mol. The number of hydrogen-bond acceptors (Lipinski definition) is 4. The van der Waals surface area contributed by atoms with E-state index < -0.39 is 17.4 Å². The van der Waals surface area contributed by atoms with Crippen LogP contribution in [0, 0.1) is 34.0 Å². The molecule has 1 spiro atoms. The first kappa shape index (κ1) is 20.9. The maximum atomic E-state index is 12.2.